The Labute approximate surface area is 111 Å². The average molecular weight is 266 g/mol. The van der Waals surface area contributed by atoms with Crippen molar-refractivity contribution < 1.29 is 9.90 Å². The number of carboxylic acid groups (broad SMARTS) is 1. The van der Waals surface area contributed by atoms with Gasteiger partial charge in [-0.05, 0) is 31.2 Å². The van der Waals surface area contributed by atoms with Gasteiger partial charge in [-0.25, -0.2) is 9.97 Å². The van der Waals surface area contributed by atoms with Gasteiger partial charge in [-0.3, -0.25) is 4.79 Å². The first kappa shape index (κ1) is 13.3. The maximum atomic E-state index is 11.3. The van der Waals surface area contributed by atoms with Gasteiger partial charge in [0.25, 0.3) is 0 Å². The monoisotopic (exact) mass is 266 g/mol. The SMILES string of the molecule is CCC1CCC(C(=O)O)C(Sc2ncccn2)C1. The highest BCUT2D eigenvalue weighted by atomic mass is 32.2. The van der Waals surface area contributed by atoms with E-state index in [1.807, 2.05) is 0 Å². The maximum Gasteiger partial charge on any atom is 0.307 e. The molecular weight excluding hydrogens is 248 g/mol. The number of carbonyl (C=O) groups is 1. The van der Waals surface area contributed by atoms with E-state index < -0.39 is 5.97 Å². The Bertz CT molecular complexity index is 399. The summed E-state index contributed by atoms with van der Waals surface area (Å²) in [5.41, 5.74) is 0. The normalized spacial score (nSPS) is 27.9. The molecule has 1 aliphatic carbocycles. The molecule has 0 radical (unpaired) electrons. The number of nitrogens with zero attached hydrogens (tertiary/aromatic N) is 2. The fourth-order valence-electron chi connectivity index (χ4n) is 2.48. The summed E-state index contributed by atoms with van der Waals surface area (Å²) < 4.78 is 0. The Morgan fingerprint density at radius 2 is 2.17 bits per heavy atom. The quantitative estimate of drug-likeness (QED) is 0.849. The van der Waals surface area contributed by atoms with Crippen LogP contribution in [-0.2, 0) is 4.79 Å². The molecule has 3 atom stereocenters. The van der Waals surface area contributed by atoms with Gasteiger partial charge in [0.2, 0.25) is 0 Å². The van der Waals surface area contributed by atoms with Crippen LogP contribution in [0.25, 0.3) is 0 Å². The largest absolute Gasteiger partial charge is 0.481 e. The predicted molar refractivity (Wildman–Crippen MR) is 70.4 cm³/mol. The van der Waals surface area contributed by atoms with Crippen molar-refractivity contribution in [1.29, 1.82) is 0 Å². The number of hydrogen-bond donors (Lipinski definition) is 1. The fourth-order valence-corrected chi connectivity index (χ4v) is 3.78. The summed E-state index contributed by atoms with van der Waals surface area (Å²) in [5, 5.41) is 10.1. The highest BCUT2D eigenvalue weighted by molar-refractivity contribution is 7.99. The van der Waals surface area contributed by atoms with Crippen LogP contribution in [0, 0.1) is 11.8 Å². The number of rotatable bonds is 4. The van der Waals surface area contributed by atoms with Crippen LogP contribution >= 0.6 is 11.8 Å². The molecule has 1 saturated carbocycles. The van der Waals surface area contributed by atoms with E-state index in [0.717, 1.165) is 25.7 Å². The first-order valence-electron chi connectivity index (χ1n) is 6.37. The molecule has 0 aliphatic heterocycles. The average Bonchev–Trinajstić information content (AvgIpc) is 2.39. The van der Waals surface area contributed by atoms with Gasteiger partial charge in [0.15, 0.2) is 5.16 Å². The van der Waals surface area contributed by atoms with Gasteiger partial charge in [0, 0.05) is 17.6 Å². The summed E-state index contributed by atoms with van der Waals surface area (Å²) in [4.78, 5) is 19.6. The smallest absolute Gasteiger partial charge is 0.307 e. The molecule has 1 aliphatic rings. The van der Waals surface area contributed by atoms with Crippen LogP contribution in [0.5, 0.6) is 0 Å². The van der Waals surface area contributed by atoms with Gasteiger partial charge in [0.1, 0.15) is 0 Å². The van der Waals surface area contributed by atoms with Crippen molar-refractivity contribution in [2.45, 2.75) is 43.0 Å². The molecule has 98 valence electrons. The van der Waals surface area contributed by atoms with Crippen molar-refractivity contribution in [2.75, 3.05) is 0 Å². The number of hydrogen-bond acceptors (Lipinski definition) is 4. The fraction of sp³-hybridized carbons (Fsp3) is 0.615. The van der Waals surface area contributed by atoms with Crippen molar-refractivity contribution in [3.63, 3.8) is 0 Å². The Hall–Kier alpha value is -1.10. The number of aromatic nitrogens is 2. The van der Waals surface area contributed by atoms with Gasteiger partial charge in [0.05, 0.1) is 5.92 Å². The molecule has 0 spiro atoms. The van der Waals surface area contributed by atoms with E-state index in [1.165, 1.54) is 11.8 Å². The molecule has 1 heterocycles. The lowest BCUT2D eigenvalue weighted by molar-refractivity contribution is -0.142. The van der Waals surface area contributed by atoms with Crippen LogP contribution in [-0.4, -0.2) is 26.3 Å². The minimum Gasteiger partial charge on any atom is -0.481 e. The minimum absolute atomic E-state index is 0.101. The summed E-state index contributed by atoms with van der Waals surface area (Å²) in [6, 6.07) is 1.77. The van der Waals surface area contributed by atoms with Crippen LogP contribution in [0.2, 0.25) is 0 Å². The molecule has 0 amide bonds. The van der Waals surface area contributed by atoms with Gasteiger partial charge < -0.3 is 5.11 Å². The number of aliphatic carboxylic acids is 1. The van der Waals surface area contributed by atoms with E-state index in [2.05, 4.69) is 16.9 Å². The zero-order chi connectivity index (χ0) is 13.0. The summed E-state index contributed by atoms with van der Waals surface area (Å²) in [6.07, 6.45) is 7.28. The molecule has 0 saturated heterocycles. The second-order valence-corrected chi connectivity index (χ2v) is 5.93. The Kier molecular flexibility index (Phi) is 4.58. The molecule has 0 bridgehead atoms. The molecule has 18 heavy (non-hydrogen) atoms. The zero-order valence-electron chi connectivity index (χ0n) is 10.5. The Morgan fingerprint density at radius 3 is 2.78 bits per heavy atom. The lowest BCUT2D eigenvalue weighted by Crippen LogP contribution is -2.32. The predicted octanol–water partition coefficient (Wildman–Crippen LogP) is 2.85. The first-order chi connectivity index (χ1) is 8.70. The molecule has 2 rings (SSSR count). The molecule has 5 heteroatoms. The van der Waals surface area contributed by atoms with E-state index in [0.29, 0.717) is 11.1 Å². The second-order valence-electron chi connectivity index (χ2n) is 4.72. The molecule has 1 aromatic heterocycles. The standard InChI is InChI=1S/C13H18N2O2S/c1-2-9-4-5-10(12(16)17)11(8-9)18-13-14-6-3-7-15-13/h3,6-7,9-11H,2,4-5,8H2,1H3,(H,16,17). The van der Waals surface area contributed by atoms with E-state index in [-0.39, 0.29) is 11.2 Å². The highest BCUT2D eigenvalue weighted by Gasteiger charge is 2.35. The van der Waals surface area contributed by atoms with E-state index >= 15 is 0 Å². The van der Waals surface area contributed by atoms with Gasteiger partial charge >= 0.3 is 5.97 Å². The molecular formula is C13H18N2O2S. The third kappa shape index (κ3) is 3.22. The Morgan fingerprint density at radius 1 is 1.44 bits per heavy atom. The molecule has 4 nitrogen and oxygen atoms in total. The van der Waals surface area contributed by atoms with Crippen molar-refractivity contribution in [3.8, 4) is 0 Å². The molecule has 1 aromatic rings. The lowest BCUT2D eigenvalue weighted by atomic mass is 9.80. The van der Waals surface area contributed by atoms with Gasteiger partial charge in [-0.1, -0.05) is 25.1 Å². The van der Waals surface area contributed by atoms with Gasteiger partial charge in [-0.2, -0.15) is 0 Å². The minimum atomic E-state index is -0.682. The van der Waals surface area contributed by atoms with Crippen molar-refractivity contribution >= 4 is 17.7 Å². The van der Waals surface area contributed by atoms with Crippen LogP contribution in [0.3, 0.4) is 0 Å². The second kappa shape index (κ2) is 6.18. The summed E-state index contributed by atoms with van der Waals surface area (Å²) in [5.74, 6) is -0.304. The molecule has 0 aromatic carbocycles. The summed E-state index contributed by atoms with van der Waals surface area (Å²) in [6.45, 7) is 2.17. The van der Waals surface area contributed by atoms with Gasteiger partial charge in [-0.15, -0.1) is 0 Å². The number of thioether (sulfide) groups is 1. The van der Waals surface area contributed by atoms with Crippen LogP contribution in [0.4, 0.5) is 0 Å². The van der Waals surface area contributed by atoms with Crippen molar-refractivity contribution in [3.05, 3.63) is 18.5 Å². The highest BCUT2D eigenvalue weighted by Crippen LogP contribution is 2.39. The molecule has 1 fully saturated rings. The maximum absolute atomic E-state index is 11.3. The molecule has 3 unspecified atom stereocenters. The van der Waals surface area contributed by atoms with Crippen LogP contribution < -0.4 is 0 Å². The third-order valence-electron chi connectivity index (χ3n) is 3.59. The van der Waals surface area contributed by atoms with E-state index in [1.54, 1.807) is 18.5 Å². The molecule has 1 N–H and O–H groups in total. The zero-order valence-corrected chi connectivity index (χ0v) is 11.3. The van der Waals surface area contributed by atoms with Crippen molar-refractivity contribution in [1.82, 2.24) is 9.97 Å². The van der Waals surface area contributed by atoms with Crippen LogP contribution in [0.15, 0.2) is 23.6 Å². The summed E-state index contributed by atoms with van der Waals surface area (Å²) >= 11 is 1.52. The lowest BCUT2D eigenvalue weighted by Gasteiger charge is -2.32. The topological polar surface area (TPSA) is 63.1 Å². The van der Waals surface area contributed by atoms with Crippen LogP contribution in [0.1, 0.15) is 32.6 Å². The van der Waals surface area contributed by atoms with E-state index in [4.69, 9.17) is 0 Å². The number of carboxylic acids is 1. The first-order valence-corrected chi connectivity index (χ1v) is 7.25. The third-order valence-corrected chi connectivity index (χ3v) is 4.84. The van der Waals surface area contributed by atoms with E-state index in [9.17, 15) is 9.90 Å². The Balaban J connectivity index is 2.07. The van der Waals surface area contributed by atoms with Crippen molar-refractivity contribution in [2.24, 2.45) is 11.8 Å². The summed E-state index contributed by atoms with van der Waals surface area (Å²) in [7, 11) is 0.